The quantitative estimate of drug-likeness (QED) is 0.518. The molecule has 0 atom stereocenters. The molecule has 0 fully saturated rings. The zero-order valence-corrected chi connectivity index (χ0v) is 11.5. The molecule has 0 saturated heterocycles. The third-order valence-electron chi connectivity index (χ3n) is 1.13. The van der Waals surface area contributed by atoms with Gasteiger partial charge >= 0.3 is 58.2 Å². The van der Waals surface area contributed by atoms with Gasteiger partial charge in [0.1, 0.15) is 0 Å². The zero-order valence-electron chi connectivity index (χ0n) is 6.63. The first-order valence-electron chi connectivity index (χ1n) is 2.99. The number of nitrogens with zero attached hydrogens (tertiary/aromatic N) is 2. The van der Waals surface area contributed by atoms with Gasteiger partial charge in [-0.1, -0.05) is 25.5 Å². The van der Waals surface area contributed by atoms with Gasteiger partial charge < -0.3 is 0 Å². The van der Waals surface area contributed by atoms with E-state index in [9.17, 15) is 0 Å². The van der Waals surface area contributed by atoms with Crippen LogP contribution >= 0.6 is 0 Å². The van der Waals surface area contributed by atoms with Crippen molar-refractivity contribution in [1.82, 2.24) is 10.2 Å². The van der Waals surface area contributed by atoms with Crippen LogP contribution in [-0.2, 0) is 0 Å². The summed E-state index contributed by atoms with van der Waals surface area (Å²) in [6.45, 7) is 4.16. The van der Waals surface area contributed by atoms with Crippen molar-refractivity contribution in [2.24, 2.45) is 0 Å². The molecule has 0 unspecified atom stereocenters. The van der Waals surface area contributed by atoms with Crippen LogP contribution in [0.5, 0.6) is 0 Å². The first-order valence-corrected chi connectivity index (χ1v) is 2.99. The molecule has 0 bridgehead atoms. The van der Waals surface area contributed by atoms with Crippen molar-refractivity contribution in [2.45, 2.75) is 19.8 Å². The number of hydrogen-bond acceptors (Lipinski definition) is 2. The van der Waals surface area contributed by atoms with Gasteiger partial charge in [-0.05, 0) is 6.20 Å². The maximum Gasteiger partial charge on any atom is 1.00 e. The van der Waals surface area contributed by atoms with E-state index in [0.717, 1.165) is 5.69 Å². The van der Waals surface area contributed by atoms with Gasteiger partial charge in [0.2, 0.25) is 0 Å². The summed E-state index contributed by atoms with van der Waals surface area (Å²) in [6, 6.07) is 4.73. The van der Waals surface area contributed by atoms with E-state index in [1.165, 1.54) is 0 Å². The standard InChI is InChI=1S/C7H9N2.Rb/c1-6(2)7-4-3-5-8-9-7;/h4-6H,1-2H3;/q-1;+1. The van der Waals surface area contributed by atoms with Crippen molar-refractivity contribution in [2.75, 3.05) is 0 Å². The second-order valence-electron chi connectivity index (χ2n) is 2.24. The molecule has 1 rings (SSSR count). The van der Waals surface area contributed by atoms with Crippen LogP contribution in [0.4, 0.5) is 0 Å². The van der Waals surface area contributed by atoms with E-state index in [4.69, 9.17) is 0 Å². The molecule has 0 N–H and O–H groups in total. The van der Waals surface area contributed by atoms with Crippen LogP contribution in [0.2, 0.25) is 0 Å². The Hall–Kier alpha value is 0.885. The fourth-order valence-electron chi connectivity index (χ4n) is 0.563. The molecule has 1 aromatic heterocycles. The Morgan fingerprint density at radius 2 is 2.20 bits per heavy atom. The largest absolute Gasteiger partial charge is 1.00 e. The number of rotatable bonds is 1. The molecule has 0 aliphatic rings. The summed E-state index contributed by atoms with van der Waals surface area (Å²) < 4.78 is 0. The average molecular weight is 207 g/mol. The molecular weight excluding hydrogens is 198 g/mol. The van der Waals surface area contributed by atoms with Crippen LogP contribution in [0.1, 0.15) is 25.5 Å². The van der Waals surface area contributed by atoms with Gasteiger partial charge in [-0.3, -0.25) is 5.10 Å². The van der Waals surface area contributed by atoms with Crippen molar-refractivity contribution in [3.05, 3.63) is 24.0 Å². The minimum atomic E-state index is 0. The van der Waals surface area contributed by atoms with Gasteiger partial charge in [-0.25, -0.2) is 12.1 Å². The Bertz CT molecular complexity index is 174. The van der Waals surface area contributed by atoms with Crippen molar-refractivity contribution in [1.29, 1.82) is 0 Å². The molecule has 0 aliphatic carbocycles. The fourth-order valence-corrected chi connectivity index (χ4v) is 0.563. The van der Waals surface area contributed by atoms with E-state index in [1.807, 2.05) is 6.07 Å². The fraction of sp³-hybridized carbons (Fsp3) is 0.429. The van der Waals surface area contributed by atoms with Crippen molar-refractivity contribution in [3.8, 4) is 0 Å². The Morgan fingerprint density at radius 3 is 2.50 bits per heavy atom. The van der Waals surface area contributed by atoms with E-state index in [0.29, 0.717) is 5.92 Å². The minimum Gasteiger partial charge on any atom is -0.255 e. The topological polar surface area (TPSA) is 25.8 Å². The molecule has 1 heterocycles. The molecule has 10 heavy (non-hydrogen) atoms. The van der Waals surface area contributed by atoms with E-state index in [-0.39, 0.29) is 58.2 Å². The molecule has 0 amide bonds. The smallest absolute Gasteiger partial charge is 0.255 e. The molecule has 0 radical (unpaired) electrons. The van der Waals surface area contributed by atoms with E-state index >= 15 is 0 Å². The molecule has 0 aromatic carbocycles. The first kappa shape index (κ1) is 10.9. The second kappa shape index (κ2) is 5.52. The predicted octanol–water partition coefficient (Wildman–Crippen LogP) is -1.60. The third kappa shape index (κ3) is 3.33. The third-order valence-corrected chi connectivity index (χ3v) is 1.13. The van der Waals surface area contributed by atoms with Crippen molar-refractivity contribution < 1.29 is 58.2 Å². The normalized spacial score (nSPS) is 9.10. The summed E-state index contributed by atoms with van der Waals surface area (Å²) in [6.07, 6.45) is 1.56. The molecular formula is C7H9N2Rb. The summed E-state index contributed by atoms with van der Waals surface area (Å²) in [4.78, 5) is 0. The van der Waals surface area contributed by atoms with Crippen molar-refractivity contribution >= 4 is 0 Å². The number of aromatic nitrogens is 2. The van der Waals surface area contributed by atoms with E-state index in [1.54, 1.807) is 6.20 Å². The summed E-state index contributed by atoms with van der Waals surface area (Å²) in [7, 11) is 0. The minimum absolute atomic E-state index is 0. The molecule has 1 aromatic rings. The second-order valence-corrected chi connectivity index (χ2v) is 2.24. The van der Waals surface area contributed by atoms with Crippen molar-refractivity contribution in [3.63, 3.8) is 0 Å². The Balaban J connectivity index is 0.000000810. The van der Waals surface area contributed by atoms with Crippen LogP contribution in [-0.4, -0.2) is 10.2 Å². The molecule has 2 nitrogen and oxygen atoms in total. The molecule has 0 saturated carbocycles. The average Bonchev–Trinajstić information content (AvgIpc) is 1.90. The van der Waals surface area contributed by atoms with Crippen LogP contribution in [0, 0.1) is 6.07 Å². The molecule has 0 aliphatic heterocycles. The zero-order chi connectivity index (χ0) is 6.69. The molecule has 3 heteroatoms. The van der Waals surface area contributed by atoms with Gasteiger partial charge in [0.05, 0.1) is 0 Å². The Kier molecular flexibility index (Phi) is 6.01. The number of hydrogen-bond donors (Lipinski definition) is 0. The van der Waals surface area contributed by atoms with Gasteiger partial charge in [-0.2, -0.15) is 5.10 Å². The summed E-state index contributed by atoms with van der Waals surface area (Å²) in [5.74, 6) is 0.454. The first-order chi connectivity index (χ1) is 4.30. The summed E-state index contributed by atoms with van der Waals surface area (Å²) in [5.41, 5.74) is 0.998. The van der Waals surface area contributed by atoms with Gasteiger partial charge in [0.25, 0.3) is 0 Å². The van der Waals surface area contributed by atoms with Gasteiger partial charge in [0, 0.05) is 0 Å². The molecule has 0 spiro atoms. The monoisotopic (exact) mass is 206 g/mol. The summed E-state index contributed by atoms with van der Waals surface area (Å²) in [5, 5.41) is 7.60. The van der Waals surface area contributed by atoms with Crippen LogP contribution < -0.4 is 58.2 Å². The van der Waals surface area contributed by atoms with Crippen LogP contribution in [0.3, 0.4) is 0 Å². The van der Waals surface area contributed by atoms with E-state index in [2.05, 4.69) is 30.1 Å². The van der Waals surface area contributed by atoms with E-state index < -0.39 is 0 Å². The van der Waals surface area contributed by atoms with Gasteiger partial charge in [-0.15, -0.1) is 0 Å². The molecule has 48 valence electrons. The SMILES string of the molecule is CC(C)c1c[c-]cnn1.[Rb+]. The Labute approximate surface area is 110 Å². The Morgan fingerprint density at radius 1 is 1.50 bits per heavy atom. The summed E-state index contributed by atoms with van der Waals surface area (Å²) >= 11 is 0. The maximum absolute atomic E-state index is 3.90. The van der Waals surface area contributed by atoms with Crippen LogP contribution in [0.25, 0.3) is 0 Å². The predicted molar refractivity (Wildman–Crippen MR) is 35.0 cm³/mol. The van der Waals surface area contributed by atoms with Crippen LogP contribution in [0.15, 0.2) is 12.3 Å². The van der Waals surface area contributed by atoms with Gasteiger partial charge in [0.15, 0.2) is 0 Å². The maximum atomic E-state index is 3.90.